The Bertz CT molecular complexity index is 6550. The highest BCUT2D eigenvalue weighted by Crippen LogP contribution is 2.55. The highest BCUT2D eigenvalue weighted by atomic mass is 32.2. The van der Waals surface area contributed by atoms with Crippen molar-refractivity contribution in [3.63, 3.8) is 0 Å². The molecule has 40 nitrogen and oxygen atoms in total. The minimum absolute atomic E-state index is 0.00791. The van der Waals surface area contributed by atoms with Gasteiger partial charge in [0.25, 0.3) is 20.4 Å². The Hall–Kier alpha value is -11.7. The van der Waals surface area contributed by atoms with Crippen molar-refractivity contribution in [3.05, 3.63) is 233 Å². The van der Waals surface area contributed by atoms with Gasteiger partial charge in [0.15, 0.2) is 28.5 Å². The number of ether oxygens (including phenoxy) is 1. The summed E-state index contributed by atoms with van der Waals surface area (Å²) in [5.74, 6) is 1.25. The molecule has 5 aromatic carbocycles. The maximum absolute atomic E-state index is 13.5. The zero-order valence-electron chi connectivity index (χ0n) is 78.2. The number of aryl methyl sites for hydroxylation is 5. The molecule has 0 amide bonds. The molecule has 5 aromatic heterocycles. The van der Waals surface area contributed by atoms with E-state index in [0.717, 1.165) is 98.6 Å². The van der Waals surface area contributed by atoms with Crippen molar-refractivity contribution in [2.24, 2.45) is 94.2 Å². The number of piperidine rings is 2. The van der Waals surface area contributed by atoms with Crippen LogP contribution in [0.5, 0.6) is 0 Å². The number of nitrogens with zero attached hydrogens (tertiary/aromatic N) is 19. The molecule has 10 fully saturated rings. The molecule has 141 heavy (non-hydrogen) atoms. The first kappa shape index (κ1) is 102. The summed E-state index contributed by atoms with van der Waals surface area (Å²) in [7, 11) is -13.6. The quantitative estimate of drug-likeness (QED) is 0.00991. The molecule has 0 radical (unpaired) electrons. The molecule has 5 saturated heterocycles. The number of hydrogen-bond donors (Lipinski definition) is 7. The van der Waals surface area contributed by atoms with E-state index < -0.39 is 40.5 Å². The number of sulfonamides is 2. The van der Waals surface area contributed by atoms with E-state index in [2.05, 4.69) is 77.3 Å². The number of fused-ring (bicyclic) bond motifs is 6. The molecule has 5 saturated carbocycles. The van der Waals surface area contributed by atoms with E-state index in [4.69, 9.17) is 38.2 Å². The molecule has 49 heteroatoms. The maximum Gasteiger partial charge on any atom is 0.277 e. The second-order valence-electron chi connectivity index (χ2n) is 39.4. The fraction of sp³-hybridized carbons (Fsp3) is 0.511. The molecule has 10 heterocycles. The number of hydrogen-bond acceptors (Lipinski definition) is 34. The topological polar surface area (TPSA) is 568 Å². The maximum atomic E-state index is 13.5. The fourth-order valence-electron chi connectivity index (χ4n) is 22.2. The number of nitrogens with two attached hydrogens (primary N) is 2. The van der Waals surface area contributed by atoms with Crippen LogP contribution in [-0.2, 0) is 109 Å². The van der Waals surface area contributed by atoms with Gasteiger partial charge in [0.1, 0.15) is 86.1 Å². The second kappa shape index (κ2) is 42.1. The van der Waals surface area contributed by atoms with Crippen molar-refractivity contribution < 1.29 is 110 Å². The van der Waals surface area contributed by atoms with E-state index >= 15 is 0 Å². The van der Waals surface area contributed by atoms with Crippen LogP contribution in [0.4, 0.5) is 22.0 Å². The summed E-state index contributed by atoms with van der Waals surface area (Å²) in [5.41, 5.74) is 13.3. The summed E-state index contributed by atoms with van der Waals surface area (Å²) in [6, 6.07) is 23.6. The Morgan fingerprint density at radius 2 is 0.652 bits per heavy atom. The van der Waals surface area contributed by atoms with Crippen molar-refractivity contribution in [1.82, 2.24) is 68.8 Å². The van der Waals surface area contributed by atoms with Gasteiger partial charge in [0, 0.05) is 83.5 Å². The van der Waals surface area contributed by atoms with E-state index in [1.807, 2.05) is 0 Å². The van der Waals surface area contributed by atoms with Crippen molar-refractivity contribution in [1.29, 1.82) is 0 Å². The van der Waals surface area contributed by atoms with Gasteiger partial charge in [-0.25, -0.2) is 76.5 Å². The number of aromatic nitrogens is 10. The molecule has 6 bridgehead atoms. The van der Waals surface area contributed by atoms with E-state index in [0.29, 0.717) is 215 Å². The number of halogens is 5. The molecule has 10 aromatic rings. The Labute approximate surface area is 809 Å². The van der Waals surface area contributed by atoms with Gasteiger partial charge in [-0.2, -0.15) is 29.8 Å². The van der Waals surface area contributed by atoms with Gasteiger partial charge in [0.2, 0.25) is 20.0 Å². The number of rotatable bonds is 29. The van der Waals surface area contributed by atoms with Crippen LogP contribution in [0.3, 0.4) is 0 Å². The van der Waals surface area contributed by atoms with E-state index in [-0.39, 0.29) is 107 Å². The van der Waals surface area contributed by atoms with Gasteiger partial charge >= 0.3 is 0 Å². The minimum Gasteiger partial charge on any atom is -0.411 e. The summed E-state index contributed by atoms with van der Waals surface area (Å²) >= 11 is 0. The lowest BCUT2D eigenvalue weighted by atomic mass is 9.57. The van der Waals surface area contributed by atoms with Crippen LogP contribution in [0.25, 0.3) is 0 Å². The second-order valence-corrected chi connectivity index (χ2v) is 46.4. The van der Waals surface area contributed by atoms with Gasteiger partial charge in [-0.05, 0) is 301 Å². The zero-order valence-corrected chi connectivity index (χ0v) is 81.5. The first-order valence-corrected chi connectivity index (χ1v) is 52.7. The van der Waals surface area contributed by atoms with Crippen LogP contribution < -0.4 is 10.3 Å². The first-order chi connectivity index (χ1) is 67.0. The van der Waals surface area contributed by atoms with Gasteiger partial charge < -0.3 is 30.8 Å². The third-order valence-corrected chi connectivity index (χ3v) is 33.8. The van der Waals surface area contributed by atoms with Crippen molar-refractivity contribution in [2.75, 3.05) is 58.4 Å². The molecular formula is C92H110F5N21O19S4. The number of benzene rings is 5. The predicted octanol–water partition coefficient (Wildman–Crippen LogP) is 10.00. The third kappa shape index (κ3) is 23.6. The summed E-state index contributed by atoms with van der Waals surface area (Å²) in [5, 5.41) is 114. The standard InChI is InChI=1S/2C19H23FN4O4S.2C18H22FN5O4S.C18H20FN3O3/c1-12-5-13(3-4-15(12)20)6-16(21-25)18-17(22-28-23-18)7-14-8-19(9-14)10-24(11-19)29(2,26)27;1-11-5-12(3-4-16(11)20)6-17(21-25)19-18(22-28-23-19)9-13-7-15-8-14(13)10-24(15)29(2,26)27;1-11-4-12(2-3-14(11)19)5-15(21-25)17-16(22-28-23-17)6-13-7-18(8-13)9-24(10-18)29(20,26)27;1-10-4-11(2-3-15(10)19)5-16(21-25)18-17(22-28-23-18)8-12-6-14-7-13(12)9-24(14)29(20,26)27;1-10-4-11(2-3-15(10)19)5-16(20-23)18-17(21-25-22-18)8-12-6-14-7-13(12)9-24-14/h3-5,14,25H,6-11H2,1-2H3;3-5,13-15,25H,6-10H2,1-2H3;2-4,13,25H,5-10H2,1H3,(H2,20,26,27);2-4,12-14,25H,5-9H2,1H3,(H2,20,26,27);2-4,12-14,23H,5-9H2,1H3. The monoisotopic (exact) mass is 2040 g/mol. The van der Waals surface area contributed by atoms with Crippen LogP contribution in [0.1, 0.15) is 177 Å². The lowest BCUT2D eigenvalue weighted by Crippen LogP contribution is -2.64. The van der Waals surface area contributed by atoms with Crippen LogP contribution in [0, 0.1) is 122 Å². The SMILES string of the molecule is Cc1cc(CC(=NO)c2nonc2CC2CC3(C2)CN(S(C)(=O)=O)C3)ccc1F.Cc1cc(CC(=NO)c2nonc2CC2CC3(C2)CN(S(N)(=O)=O)C3)ccc1F.Cc1cc(CC(=NO)c2nonc2CC2CC3CC2CN3S(C)(=O)=O)ccc1F.Cc1cc(CC(=NO)c2nonc2CC2CC3CC2CN3S(N)(=O)=O)ccc1F.Cc1cc(CC(=NO)c2nonc2CC2CC3CC2CO3)ccc1F. The Morgan fingerprint density at radius 1 is 0.369 bits per heavy atom. The fourth-order valence-corrected chi connectivity index (χ4v) is 26.3. The summed E-state index contributed by atoms with van der Waals surface area (Å²) < 4.78 is 196. The molecule has 9 unspecified atom stereocenters. The van der Waals surface area contributed by atoms with E-state index in [1.54, 1.807) is 99.6 Å². The lowest BCUT2D eigenvalue weighted by Gasteiger charge is -2.58. The molecule has 5 aliphatic carbocycles. The van der Waals surface area contributed by atoms with Gasteiger partial charge in [-0.1, -0.05) is 112 Å². The molecule has 20 rings (SSSR count). The normalized spacial score (nSPS) is 23.4. The van der Waals surface area contributed by atoms with Crippen molar-refractivity contribution in [3.8, 4) is 0 Å². The van der Waals surface area contributed by atoms with Crippen LogP contribution >= 0.6 is 0 Å². The highest BCUT2D eigenvalue weighted by Gasteiger charge is 2.57. The molecular weight excluding hydrogens is 1930 g/mol. The summed E-state index contributed by atoms with van der Waals surface area (Å²) in [6.45, 7) is 12.2. The van der Waals surface area contributed by atoms with Gasteiger partial charge in [0.05, 0.1) is 25.2 Å². The van der Waals surface area contributed by atoms with Crippen LogP contribution in [0.2, 0.25) is 0 Å². The third-order valence-electron chi connectivity index (χ3n) is 29.2. The smallest absolute Gasteiger partial charge is 0.277 e. The van der Waals surface area contributed by atoms with E-state index in [9.17, 15) is 81.7 Å². The first-order valence-electron chi connectivity index (χ1n) is 46.0. The summed E-state index contributed by atoms with van der Waals surface area (Å²) in [6.07, 6.45) is 16.1. The van der Waals surface area contributed by atoms with Crippen LogP contribution in [-0.4, -0.2) is 234 Å². The largest absolute Gasteiger partial charge is 0.411 e. The minimum atomic E-state index is -3.68. The Kier molecular flexibility index (Phi) is 30.5. The van der Waals surface area contributed by atoms with Gasteiger partial charge in [-0.15, -0.1) is 0 Å². The molecule has 2 spiro atoms. The highest BCUT2D eigenvalue weighted by molar-refractivity contribution is 7.88. The molecule has 5 aliphatic heterocycles. The van der Waals surface area contributed by atoms with Crippen molar-refractivity contribution >= 4 is 69.0 Å². The van der Waals surface area contributed by atoms with E-state index in [1.165, 1.54) is 55.8 Å². The zero-order chi connectivity index (χ0) is 101. The average molecular weight is 2040 g/mol. The van der Waals surface area contributed by atoms with Crippen molar-refractivity contribution in [2.45, 2.75) is 181 Å². The molecule has 9 N–H and O–H groups in total. The lowest BCUT2D eigenvalue weighted by molar-refractivity contribution is -0.0526. The number of oxime groups is 5. The molecule has 10 aliphatic rings. The Morgan fingerprint density at radius 3 is 0.887 bits per heavy atom. The molecule has 9 atom stereocenters. The Balaban J connectivity index is 0.000000127. The molecule has 756 valence electrons. The van der Waals surface area contributed by atoms with Crippen LogP contribution in [0.15, 0.2) is 140 Å². The predicted molar refractivity (Wildman–Crippen MR) is 495 cm³/mol. The summed E-state index contributed by atoms with van der Waals surface area (Å²) in [4.78, 5) is 0. The average Bonchev–Trinajstić information content (AvgIpc) is 1.55. The van der Waals surface area contributed by atoms with Gasteiger partial charge in [-0.3, -0.25) is 0 Å².